The molecule has 1 N–H and O–H groups in total. The van der Waals surface area contributed by atoms with Crippen LogP contribution in [0.3, 0.4) is 0 Å². The summed E-state index contributed by atoms with van der Waals surface area (Å²) in [7, 11) is 1.73. The van der Waals surface area contributed by atoms with Crippen molar-refractivity contribution in [3.05, 3.63) is 30.1 Å². The summed E-state index contributed by atoms with van der Waals surface area (Å²) in [5.74, 6) is 1.05. The number of imidazole rings is 1. The molecule has 5 nitrogen and oxygen atoms in total. The van der Waals surface area contributed by atoms with E-state index in [4.69, 9.17) is 9.72 Å². The maximum Gasteiger partial charge on any atom is 0.152 e. The minimum atomic E-state index is 0.446. The molecule has 116 valence electrons. The van der Waals surface area contributed by atoms with Crippen molar-refractivity contribution in [2.24, 2.45) is 0 Å². The van der Waals surface area contributed by atoms with Crippen molar-refractivity contribution in [2.75, 3.05) is 31.7 Å². The average Bonchev–Trinajstić information content (AvgIpc) is 2.84. The van der Waals surface area contributed by atoms with Crippen molar-refractivity contribution >= 4 is 11.5 Å². The zero-order chi connectivity index (χ0) is 15.2. The van der Waals surface area contributed by atoms with E-state index in [1.807, 2.05) is 18.2 Å². The first-order chi connectivity index (χ1) is 10.2. The lowest BCUT2D eigenvalue weighted by Crippen LogP contribution is -2.30. The van der Waals surface area contributed by atoms with Gasteiger partial charge in [-0.05, 0) is 19.1 Å². The standard InChI is InChI=1S/C16H26N4O/c1-5-19(10-11-21-4)16-14(12-17-13(2)3)20-9-7-6-8-15(20)18-16/h6-9,13,17H,5,10-12H2,1-4H3. The molecular formula is C16H26N4O. The number of ether oxygens (including phenoxy) is 1. The number of hydrogen-bond acceptors (Lipinski definition) is 4. The lowest BCUT2D eigenvalue weighted by molar-refractivity contribution is 0.205. The number of rotatable bonds is 8. The van der Waals surface area contributed by atoms with Crippen LogP contribution in [0.15, 0.2) is 24.4 Å². The number of aromatic nitrogens is 2. The molecular weight excluding hydrogens is 264 g/mol. The molecule has 0 unspecified atom stereocenters. The molecule has 21 heavy (non-hydrogen) atoms. The van der Waals surface area contributed by atoms with Crippen LogP contribution in [0.1, 0.15) is 26.5 Å². The number of likely N-dealkylation sites (N-methyl/N-ethyl adjacent to an activating group) is 1. The number of anilines is 1. The van der Waals surface area contributed by atoms with Gasteiger partial charge >= 0.3 is 0 Å². The van der Waals surface area contributed by atoms with E-state index >= 15 is 0 Å². The van der Waals surface area contributed by atoms with Crippen LogP contribution in [0.5, 0.6) is 0 Å². The summed E-state index contributed by atoms with van der Waals surface area (Å²) in [5.41, 5.74) is 2.20. The predicted octanol–water partition coefficient (Wildman–Crippen LogP) is 2.31. The topological polar surface area (TPSA) is 41.8 Å². The first kappa shape index (κ1) is 15.8. The molecule has 2 rings (SSSR count). The summed E-state index contributed by atoms with van der Waals surface area (Å²) in [6.07, 6.45) is 2.08. The van der Waals surface area contributed by atoms with Gasteiger partial charge in [-0.3, -0.25) is 0 Å². The van der Waals surface area contributed by atoms with E-state index in [2.05, 4.69) is 41.6 Å². The van der Waals surface area contributed by atoms with E-state index in [9.17, 15) is 0 Å². The molecule has 0 atom stereocenters. The van der Waals surface area contributed by atoms with E-state index in [0.29, 0.717) is 12.6 Å². The highest BCUT2D eigenvalue weighted by Gasteiger charge is 2.17. The third-order valence-corrected chi connectivity index (χ3v) is 3.53. The molecule has 0 aliphatic rings. The van der Waals surface area contributed by atoms with Gasteiger partial charge in [-0.25, -0.2) is 4.98 Å². The molecule has 0 radical (unpaired) electrons. The molecule has 0 fully saturated rings. The van der Waals surface area contributed by atoms with Gasteiger partial charge < -0.3 is 19.4 Å². The van der Waals surface area contributed by atoms with E-state index < -0.39 is 0 Å². The second-order valence-corrected chi connectivity index (χ2v) is 5.42. The summed E-state index contributed by atoms with van der Waals surface area (Å²) in [4.78, 5) is 7.08. The van der Waals surface area contributed by atoms with E-state index in [1.54, 1.807) is 7.11 Å². The fourth-order valence-corrected chi connectivity index (χ4v) is 2.37. The molecule has 0 amide bonds. The number of methoxy groups -OCH3 is 1. The summed E-state index contributed by atoms with van der Waals surface area (Å²) in [6, 6.07) is 6.56. The Morgan fingerprint density at radius 3 is 2.86 bits per heavy atom. The number of hydrogen-bond donors (Lipinski definition) is 1. The first-order valence-corrected chi connectivity index (χ1v) is 7.60. The predicted molar refractivity (Wildman–Crippen MR) is 86.9 cm³/mol. The smallest absolute Gasteiger partial charge is 0.152 e. The molecule has 0 saturated carbocycles. The van der Waals surface area contributed by atoms with Crippen molar-refractivity contribution in [3.63, 3.8) is 0 Å². The number of nitrogens with one attached hydrogen (secondary N) is 1. The van der Waals surface area contributed by atoms with E-state index in [0.717, 1.165) is 31.1 Å². The lowest BCUT2D eigenvalue weighted by atomic mass is 10.3. The second kappa shape index (κ2) is 7.43. The van der Waals surface area contributed by atoms with Crippen molar-refractivity contribution in [1.82, 2.24) is 14.7 Å². The van der Waals surface area contributed by atoms with Crippen LogP contribution in [0.2, 0.25) is 0 Å². The monoisotopic (exact) mass is 290 g/mol. The maximum absolute atomic E-state index is 5.22. The Kier molecular flexibility index (Phi) is 5.59. The van der Waals surface area contributed by atoms with Gasteiger partial charge in [0.25, 0.3) is 0 Å². The average molecular weight is 290 g/mol. The van der Waals surface area contributed by atoms with Gasteiger partial charge in [0.05, 0.1) is 12.3 Å². The highest BCUT2D eigenvalue weighted by Crippen LogP contribution is 2.21. The van der Waals surface area contributed by atoms with Crippen LogP contribution >= 0.6 is 0 Å². The van der Waals surface area contributed by atoms with Crippen molar-refractivity contribution < 1.29 is 4.74 Å². The molecule has 0 saturated heterocycles. The normalized spacial score (nSPS) is 11.5. The van der Waals surface area contributed by atoms with Crippen LogP contribution in [0.25, 0.3) is 5.65 Å². The summed E-state index contributed by atoms with van der Waals surface area (Å²) in [5, 5.41) is 3.50. The van der Waals surface area contributed by atoms with Gasteiger partial charge in [-0.1, -0.05) is 19.9 Å². The molecule has 2 aromatic heterocycles. The zero-order valence-corrected chi connectivity index (χ0v) is 13.5. The maximum atomic E-state index is 5.22. The van der Waals surface area contributed by atoms with Crippen LogP contribution in [0.4, 0.5) is 5.82 Å². The van der Waals surface area contributed by atoms with Crippen LogP contribution in [0, 0.1) is 0 Å². The van der Waals surface area contributed by atoms with Crippen molar-refractivity contribution in [1.29, 1.82) is 0 Å². The molecule has 2 heterocycles. The first-order valence-electron chi connectivity index (χ1n) is 7.60. The van der Waals surface area contributed by atoms with Crippen molar-refractivity contribution in [3.8, 4) is 0 Å². The number of pyridine rings is 1. The van der Waals surface area contributed by atoms with Crippen LogP contribution < -0.4 is 10.2 Å². The molecule has 5 heteroatoms. The van der Waals surface area contributed by atoms with Gasteiger partial charge in [0.1, 0.15) is 5.65 Å². The Balaban J connectivity index is 2.37. The molecule has 2 aromatic rings. The van der Waals surface area contributed by atoms with E-state index in [-0.39, 0.29) is 0 Å². The van der Waals surface area contributed by atoms with Gasteiger partial charge in [0.2, 0.25) is 0 Å². The van der Waals surface area contributed by atoms with Gasteiger partial charge in [0.15, 0.2) is 5.82 Å². The summed E-state index contributed by atoms with van der Waals surface area (Å²) < 4.78 is 7.38. The molecule has 0 spiro atoms. The second-order valence-electron chi connectivity index (χ2n) is 5.42. The minimum absolute atomic E-state index is 0.446. The Hall–Kier alpha value is -1.59. The Bertz CT molecular complexity index is 564. The molecule has 0 aliphatic carbocycles. The molecule has 0 aromatic carbocycles. The quantitative estimate of drug-likeness (QED) is 0.810. The zero-order valence-electron chi connectivity index (χ0n) is 13.5. The largest absolute Gasteiger partial charge is 0.383 e. The SMILES string of the molecule is CCN(CCOC)c1nc2ccccn2c1CNC(C)C. The Morgan fingerprint density at radius 2 is 2.19 bits per heavy atom. The van der Waals surface area contributed by atoms with Crippen LogP contribution in [-0.2, 0) is 11.3 Å². The van der Waals surface area contributed by atoms with E-state index in [1.165, 1.54) is 5.69 Å². The highest BCUT2D eigenvalue weighted by atomic mass is 16.5. The molecule has 0 aliphatic heterocycles. The molecule has 0 bridgehead atoms. The summed E-state index contributed by atoms with van der Waals surface area (Å²) in [6.45, 7) is 9.75. The van der Waals surface area contributed by atoms with Gasteiger partial charge in [0, 0.05) is 39.0 Å². The van der Waals surface area contributed by atoms with Gasteiger partial charge in [-0.2, -0.15) is 0 Å². The third-order valence-electron chi connectivity index (χ3n) is 3.53. The Labute approximate surface area is 126 Å². The van der Waals surface area contributed by atoms with Crippen molar-refractivity contribution in [2.45, 2.75) is 33.4 Å². The fourth-order valence-electron chi connectivity index (χ4n) is 2.37. The van der Waals surface area contributed by atoms with Crippen LogP contribution in [-0.4, -0.2) is 42.2 Å². The Morgan fingerprint density at radius 1 is 1.38 bits per heavy atom. The highest BCUT2D eigenvalue weighted by molar-refractivity contribution is 5.56. The number of fused-ring (bicyclic) bond motifs is 1. The van der Waals surface area contributed by atoms with Gasteiger partial charge in [-0.15, -0.1) is 0 Å². The summed E-state index contributed by atoms with van der Waals surface area (Å²) >= 11 is 0. The number of nitrogens with zero attached hydrogens (tertiary/aromatic N) is 3. The third kappa shape index (κ3) is 3.74. The minimum Gasteiger partial charge on any atom is -0.383 e. The fraction of sp³-hybridized carbons (Fsp3) is 0.562. The lowest BCUT2D eigenvalue weighted by Gasteiger charge is -2.22.